The van der Waals surface area contributed by atoms with Crippen LogP contribution in [0.15, 0.2) is 29.4 Å². The number of rotatable bonds is 9. The van der Waals surface area contributed by atoms with Gasteiger partial charge in [0.2, 0.25) is 0 Å². The third-order valence-electron chi connectivity index (χ3n) is 4.08. The van der Waals surface area contributed by atoms with Crippen molar-refractivity contribution in [2.75, 3.05) is 26.9 Å². The molecule has 7 heteroatoms. The SMILES string of the molecule is COCCCCNC(=NCc1ccccn1)NC(C)C1CCCO1.I. The van der Waals surface area contributed by atoms with Gasteiger partial charge in [-0.15, -0.1) is 24.0 Å². The molecule has 2 N–H and O–H groups in total. The molecule has 1 aromatic heterocycles. The Morgan fingerprint density at radius 1 is 1.44 bits per heavy atom. The molecule has 0 amide bonds. The molecule has 0 radical (unpaired) electrons. The van der Waals surface area contributed by atoms with Crippen LogP contribution in [-0.4, -0.2) is 50.0 Å². The van der Waals surface area contributed by atoms with Gasteiger partial charge in [-0.3, -0.25) is 4.98 Å². The van der Waals surface area contributed by atoms with Gasteiger partial charge in [0.25, 0.3) is 0 Å². The van der Waals surface area contributed by atoms with Gasteiger partial charge in [0.1, 0.15) is 0 Å². The minimum Gasteiger partial charge on any atom is -0.385 e. The van der Waals surface area contributed by atoms with E-state index in [2.05, 4.69) is 27.5 Å². The first-order chi connectivity index (χ1) is 11.8. The van der Waals surface area contributed by atoms with E-state index < -0.39 is 0 Å². The van der Waals surface area contributed by atoms with Crippen LogP contribution in [0.1, 0.15) is 38.3 Å². The predicted octanol–water partition coefficient (Wildman–Crippen LogP) is 2.73. The molecule has 0 aromatic carbocycles. The lowest BCUT2D eigenvalue weighted by atomic mass is 10.1. The van der Waals surface area contributed by atoms with Crippen molar-refractivity contribution in [3.8, 4) is 0 Å². The van der Waals surface area contributed by atoms with E-state index in [9.17, 15) is 0 Å². The van der Waals surface area contributed by atoms with E-state index in [1.807, 2.05) is 18.2 Å². The van der Waals surface area contributed by atoms with E-state index in [4.69, 9.17) is 9.47 Å². The molecular weight excluding hydrogens is 431 g/mol. The highest BCUT2D eigenvalue weighted by atomic mass is 127. The van der Waals surface area contributed by atoms with Crippen molar-refractivity contribution < 1.29 is 9.47 Å². The smallest absolute Gasteiger partial charge is 0.191 e. The number of methoxy groups -OCH3 is 1. The van der Waals surface area contributed by atoms with Gasteiger partial charge in [0.15, 0.2) is 5.96 Å². The highest BCUT2D eigenvalue weighted by Crippen LogP contribution is 2.15. The second kappa shape index (κ2) is 13.3. The highest BCUT2D eigenvalue weighted by Gasteiger charge is 2.22. The van der Waals surface area contributed by atoms with Crippen LogP contribution < -0.4 is 10.6 Å². The molecule has 1 aliphatic heterocycles. The summed E-state index contributed by atoms with van der Waals surface area (Å²) in [5.41, 5.74) is 0.961. The summed E-state index contributed by atoms with van der Waals surface area (Å²) in [7, 11) is 1.73. The van der Waals surface area contributed by atoms with Crippen LogP contribution in [0.3, 0.4) is 0 Å². The van der Waals surface area contributed by atoms with Gasteiger partial charge >= 0.3 is 0 Å². The second-order valence-electron chi connectivity index (χ2n) is 6.10. The maximum atomic E-state index is 5.76. The molecule has 0 bridgehead atoms. The van der Waals surface area contributed by atoms with Crippen molar-refractivity contribution in [2.24, 2.45) is 4.99 Å². The summed E-state index contributed by atoms with van der Waals surface area (Å²) < 4.78 is 10.8. The molecule has 1 saturated heterocycles. The number of halogens is 1. The zero-order valence-corrected chi connectivity index (χ0v) is 17.6. The minimum atomic E-state index is 0. The van der Waals surface area contributed by atoms with E-state index in [0.717, 1.165) is 57.1 Å². The number of hydrogen-bond donors (Lipinski definition) is 2. The standard InChI is InChI=1S/C18H30N4O2.HI/c1-15(17-9-7-13-24-17)22-18(20-11-5-6-12-23-2)21-14-16-8-3-4-10-19-16;/h3-4,8,10,15,17H,5-7,9,11-14H2,1-2H3,(H2,20,21,22);1H. The summed E-state index contributed by atoms with van der Waals surface area (Å²) >= 11 is 0. The number of unbranched alkanes of at least 4 members (excludes halogenated alkanes) is 1. The van der Waals surface area contributed by atoms with Crippen molar-refractivity contribution in [3.63, 3.8) is 0 Å². The van der Waals surface area contributed by atoms with Crippen LogP contribution in [0.2, 0.25) is 0 Å². The zero-order valence-electron chi connectivity index (χ0n) is 15.2. The summed E-state index contributed by atoms with van der Waals surface area (Å²) in [6, 6.07) is 6.13. The lowest BCUT2D eigenvalue weighted by molar-refractivity contribution is 0.0890. The van der Waals surface area contributed by atoms with Crippen LogP contribution in [0, 0.1) is 0 Å². The molecule has 2 atom stereocenters. The lowest BCUT2D eigenvalue weighted by Gasteiger charge is -2.23. The first-order valence-electron chi connectivity index (χ1n) is 8.85. The van der Waals surface area contributed by atoms with Gasteiger partial charge in [0, 0.05) is 33.1 Å². The van der Waals surface area contributed by atoms with Gasteiger partial charge in [0.05, 0.1) is 24.4 Å². The summed E-state index contributed by atoms with van der Waals surface area (Å²) in [6.07, 6.45) is 6.40. The number of aliphatic imine (C=N–C) groups is 1. The fourth-order valence-corrected chi connectivity index (χ4v) is 2.69. The molecule has 2 heterocycles. The summed E-state index contributed by atoms with van der Waals surface area (Å²) in [4.78, 5) is 8.99. The first kappa shape index (κ1) is 22.1. The Hall–Kier alpha value is -0.930. The quantitative estimate of drug-likeness (QED) is 0.256. The van der Waals surface area contributed by atoms with Crippen LogP contribution >= 0.6 is 24.0 Å². The van der Waals surface area contributed by atoms with Crippen LogP contribution in [0.4, 0.5) is 0 Å². The normalized spacial score (nSPS) is 18.5. The fourth-order valence-electron chi connectivity index (χ4n) is 2.69. The van der Waals surface area contributed by atoms with Crippen molar-refractivity contribution in [3.05, 3.63) is 30.1 Å². The van der Waals surface area contributed by atoms with Crippen molar-refractivity contribution in [2.45, 2.75) is 51.3 Å². The largest absolute Gasteiger partial charge is 0.385 e. The minimum absolute atomic E-state index is 0. The molecule has 25 heavy (non-hydrogen) atoms. The third kappa shape index (κ3) is 8.82. The Bertz CT molecular complexity index is 481. The van der Waals surface area contributed by atoms with Gasteiger partial charge in [-0.2, -0.15) is 0 Å². The van der Waals surface area contributed by atoms with Crippen molar-refractivity contribution in [1.82, 2.24) is 15.6 Å². The summed E-state index contributed by atoms with van der Waals surface area (Å²) in [5, 5.41) is 6.88. The number of ether oxygens (including phenoxy) is 2. The van der Waals surface area contributed by atoms with Crippen LogP contribution in [0.25, 0.3) is 0 Å². The number of nitrogens with one attached hydrogen (secondary N) is 2. The molecule has 2 unspecified atom stereocenters. The maximum absolute atomic E-state index is 5.76. The molecule has 1 fully saturated rings. The summed E-state index contributed by atoms with van der Waals surface area (Å²) in [5.74, 6) is 0.820. The van der Waals surface area contributed by atoms with Gasteiger partial charge in [-0.1, -0.05) is 6.07 Å². The van der Waals surface area contributed by atoms with Crippen molar-refractivity contribution in [1.29, 1.82) is 0 Å². The Labute approximate surface area is 168 Å². The molecule has 1 aromatic rings. The number of aromatic nitrogens is 1. The molecule has 2 rings (SSSR count). The third-order valence-corrected chi connectivity index (χ3v) is 4.08. The zero-order chi connectivity index (χ0) is 17.0. The van der Waals surface area contributed by atoms with Gasteiger partial charge < -0.3 is 20.1 Å². The number of nitrogens with zero attached hydrogens (tertiary/aromatic N) is 2. The Morgan fingerprint density at radius 3 is 3.00 bits per heavy atom. The summed E-state index contributed by atoms with van der Waals surface area (Å²) in [6.45, 7) is 5.24. The number of hydrogen-bond acceptors (Lipinski definition) is 4. The van der Waals surface area contributed by atoms with E-state index in [0.29, 0.717) is 6.54 Å². The maximum Gasteiger partial charge on any atom is 0.191 e. The molecule has 0 spiro atoms. The van der Waals surface area contributed by atoms with Gasteiger partial charge in [-0.05, 0) is 44.7 Å². The number of pyridine rings is 1. The highest BCUT2D eigenvalue weighted by molar-refractivity contribution is 14.0. The first-order valence-corrected chi connectivity index (χ1v) is 8.85. The number of guanidine groups is 1. The lowest BCUT2D eigenvalue weighted by Crippen LogP contribution is -2.47. The van der Waals surface area contributed by atoms with E-state index >= 15 is 0 Å². The molecule has 1 aliphatic rings. The Kier molecular flexibility index (Phi) is 11.8. The van der Waals surface area contributed by atoms with Crippen LogP contribution in [0.5, 0.6) is 0 Å². The van der Waals surface area contributed by atoms with E-state index in [1.54, 1.807) is 13.3 Å². The monoisotopic (exact) mass is 462 g/mol. The fraction of sp³-hybridized carbons (Fsp3) is 0.667. The molecule has 6 nitrogen and oxygen atoms in total. The molecule has 142 valence electrons. The van der Waals surface area contributed by atoms with E-state index in [1.165, 1.54) is 0 Å². The molecule has 0 aliphatic carbocycles. The van der Waals surface area contributed by atoms with Crippen molar-refractivity contribution >= 4 is 29.9 Å². The molecular formula is C18H31IN4O2. The average Bonchev–Trinajstić information content (AvgIpc) is 3.15. The Balaban J connectivity index is 0.00000312. The van der Waals surface area contributed by atoms with E-state index in [-0.39, 0.29) is 36.1 Å². The Morgan fingerprint density at radius 2 is 2.32 bits per heavy atom. The second-order valence-corrected chi connectivity index (χ2v) is 6.10. The van der Waals surface area contributed by atoms with Gasteiger partial charge in [-0.25, -0.2) is 4.99 Å². The average molecular weight is 462 g/mol. The topological polar surface area (TPSA) is 67.8 Å². The predicted molar refractivity (Wildman–Crippen MR) is 111 cm³/mol. The molecule has 0 saturated carbocycles. The van der Waals surface area contributed by atoms with Crippen LogP contribution in [-0.2, 0) is 16.0 Å².